The Morgan fingerprint density at radius 3 is 1.02 bits per heavy atom. The van der Waals surface area contributed by atoms with E-state index in [0.29, 0.717) is 0 Å². The molecule has 0 aliphatic heterocycles. The molecule has 0 unspecified atom stereocenters. The van der Waals surface area contributed by atoms with Gasteiger partial charge in [0.05, 0.1) is 0 Å². The maximum absolute atomic E-state index is 2.36. The minimum Gasteiger partial charge on any atom is -0.345 e. The Kier molecular flexibility index (Phi) is 10.7. The van der Waals surface area contributed by atoms with Crippen LogP contribution in [0.2, 0.25) is 0 Å². The molecule has 0 aliphatic rings. The summed E-state index contributed by atoms with van der Waals surface area (Å²) in [6.45, 7) is 6.63. The zero-order chi connectivity index (χ0) is 33.3. The van der Waals surface area contributed by atoms with Crippen LogP contribution in [-0.2, 0) is 12.8 Å². The van der Waals surface area contributed by atoms with Gasteiger partial charge in [-0.25, -0.2) is 0 Å². The van der Waals surface area contributed by atoms with Gasteiger partial charge >= 0.3 is 0 Å². The maximum Gasteiger partial charge on any atom is 0.0462 e. The van der Waals surface area contributed by atoms with Gasteiger partial charge in [0.15, 0.2) is 0 Å². The summed E-state index contributed by atoms with van der Waals surface area (Å²) >= 11 is 0. The largest absolute Gasteiger partial charge is 0.345 e. The van der Waals surface area contributed by atoms with E-state index in [1.165, 1.54) is 76.0 Å². The van der Waals surface area contributed by atoms with Gasteiger partial charge in [-0.2, -0.15) is 0 Å². The second-order valence-corrected chi connectivity index (χ2v) is 12.9. The van der Waals surface area contributed by atoms with E-state index in [1.54, 1.807) is 0 Å². The second kappa shape index (κ2) is 15.7. The first-order valence-corrected chi connectivity index (χ1v) is 17.6. The van der Waals surface area contributed by atoms with Crippen LogP contribution in [0.5, 0.6) is 0 Å². The van der Waals surface area contributed by atoms with Crippen LogP contribution in [0.4, 0.5) is 28.4 Å². The third-order valence-corrected chi connectivity index (χ3v) is 9.38. The molecule has 6 aromatic rings. The Hall–Kier alpha value is -5.08. The standard InChI is InChI=1S/C46H48N2/c1-5-7-9-36-13-25-42(26-14-36)47(4)43-29-19-39(20-30-43)41-23-33-46(34-24-41)48(44-27-15-37(16-28-44)10-8-6-2)45-31-21-40(22-32-45)38-17-11-35(3)12-18-38/h11-34H,5-10H2,1-4H3. The molecule has 0 radical (unpaired) electrons. The third kappa shape index (κ3) is 7.89. The maximum atomic E-state index is 2.36. The van der Waals surface area contributed by atoms with E-state index in [1.807, 2.05) is 0 Å². The van der Waals surface area contributed by atoms with Gasteiger partial charge in [-0.05, 0) is 127 Å². The van der Waals surface area contributed by atoms with Crippen molar-refractivity contribution in [3.63, 3.8) is 0 Å². The fraction of sp³-hybridized carbons (Fsp3) is 0.217. The summed E-state index contributed by atoms with van der Waals surface area (Å²) in [5.41, 5.74) is 14.8. The van der Waals surface area contributed by atoms with Crippen LogP contribution in [0.1, 0.15) is 56.2 Å². The highest BCUT2D eigenvalue weighted by Gasteiger charge is 2.14. The van der Waals surface area contributed by atoms with Crippen LogP contribution in [-0.4, -0.2) is 7.05 Å². The number of rotatable bonds is 13. The van der Waals surface area contributed by atoms with Gasteiger partial charge in [0.1, 0.15) is 0 Å². The number of hydrogen-bond acceptors (Lipinski definition) is 2. The van der Waals surface area contributed by atoms with Crippen molar-refractivity contribution in [2.45, 2.75) is 59.3 Å². The van der Waals surface area contributed by atoms with Gasteiger partial charge in [-0.3, -0.25) is 0 Å². The fourth-order valence-electron chi connectivity index (χ4n) is 6.29. The highest BCUT2D eigenvalue weighted by molar-refractivity contribution is 5.80. The molecule has 2 nitrogen and oxygen atoms in total. The van der Waals surface area contributed by atoms with Gasteiger partial charge in [-0.1, -0.05) is 117 Å². The molecule has 0 saturated carbocycles. The van der Waals surface area contributed by atoms with Gasteiger partial charge in [-0.15, -0.1) is 0 Å². The van der Waals surface area contributed by atoms with Crippen molar-refractivity contribution < 1.29 is 0 Å². The minimum atomic E-state index is 1.12. The molecule has 0 heterocycles. The lowest BCUT2D eigenvalue weighted by molar-refractivity contribution is 0.795. The highest BCUT2D eigenvalue weighted by Crippen LogP contribution is 2.37. The van der Waals surface area contributed by atoms with Crippen LogP contribution in [0, 0.1) is 6.92 Å². The van der Waals surface area contributed by atoms with Gasteiger partial charge in [0.25, 0.3) is 0 Å². The number of benzene rings is 6. The summed E-state index contributed by atoms with van der Waals surface area (Å²) in [4.78, 5) is 4.61. The van der Waals surface area contributed by atoms with Gasteiger partial charge < -0.3 is 9.80 Å². The molecule has 0 bridgehead atoms. The van der Waals surface area contributed by atoms with E-state index in [9.17, 15) is 0 Å². The van der Waals surface area contributed by atoms with Crippen molar-refractivity contribution in [3.8, 4) is 22.3 Å². The summed E-state index contributed by atoms with van der Waals surface area (Å²) in [6, 6.07) is 53.7. The molecule has 0 saturated heterocycles. The Bertz CT molecular complexity index is 1850. The van der Waals surface area contributed by atoms with E-state index in [-0.39, 0.29) is 0 Å². The predicted molar refractivity (Wildman–Crippen MR) is 208 cm³/mol. The molecule has 2 heteroatoms. The van der Waals surface area contributed by atoms with Crippen LogP contribution in [0.25, 0.3) is 22.3 Å². The normalized spacial score (nSPS) is 11.0. The molecular weight excluding hydrogens is 581 g/mol. The van der Waals surface area contributed by atoms with Gasteiger partial charge in [0.2, 0.25) is 0 Å². The SMILES string of the molecule is CCCCc1ccc(N(C)c2ccc(-c3ccc(N(c4ccc(CCCC)cc4)c4ccc(-c5ccc(C)cc5)cc4)cc3)cc2)cc1. The van der Waals surface area contributed by atoms with Crippen LogP contribution >= 0.6 is 0 Å². The fourth-order valence-corrected chi connectivity index (χ4v) is 6.29. The lowest BCUT2D eigenvalue weighted by atomic mass is 10.0. The van der Waals surface area contributed by atoms with Crippen molar-refractivity contribution in [1.82, 2.24) is 0 Å². The second-order valence-electron chi connectivity index (χ2n) is 12.9. The monoisotopic (exact) mass is 628 g/mol. The lowest BCUT2D eigenvalue weighted by Gasteiger charge is -2.26. The number of nitrogens with zero attached hydrogens (tertiary/aromatic N) is 2. The van der Waals surface area contributed by atoms with E-state index >= 15 is 0 Å². The van der Waals surface area contributed by atoms with E-state index in [0.717, 1.165) is 29.9 Å². The van der Waals surface area contributed by atoms with E-state index in [4.69, 9.17) is 0 Å². The molecule has 0 aromatic heterocycles. The van der Waals surface area contributed by atoms with Crippen molar-refractivity contribution in [2.24, 2.45) is 0 Å². The van der Waals surface area contributed by atoms with Crippen LogP contribution in [0.15, 0.2) is 146 Å². The summed E-state index contributed by atoms with van der Waals surface area (Å²) in [6.07, 6.45) is 7.16. The Balaban J connectivity index is 1.24. The quantitative estimate of drug-likeness (QED) is 0.126. The molecule has 242 valence electrons. The summed E-state index contributed by atoms with van der Waals surface area (Å²) in [5.74, 6) is 0. The Labute approximate surface area is 288 Å². The lowest BCUT2D eigenvalue weighted by Crippen LogP contribution is -2.10. The topological polar surface area (TPSA) is 6.48 Å². The van der Waals surface area contributed by atoms with Crippen LogP contribution < -0.4 is 9.80 Å². The molecular formula is C46H48N2. The average Bonchev–Trinajstić information content (AvgIpc) is 3.15. The van der Waals surface area contributed by atoms with Gasteiger partial charge in [0, 0.05) is 35.5 Å². The minimum absolute atomic E-state index is 1.12. The molecule has 0 N–H and O–H groups in total. The molecule has 48 heavy (non-hydrogen) atoms. The molecule has 0 fully saturated rings. The third-order valence-electron chi connectivity index (χ3n) is 9.38. The van der Waals surface area contributed by atoms with E-state index in [2.05, 4.69) is 183 Å². The van der Waals surface area contributed by atoms with Crippen molar-refractivity contribution in [1.29, 1.82) is 0 Å². The number of hydrogen-bond donors (Lipinski definition) is 0. The van der Waals surface area contributed by atoms with Crippen molar-refractivity contribution in [2.75, 3.05) is 16.8 Å². The predicted octanol–water partition coefficient (Wildman–Crippen LogP) is 13.3. The smallest absolute Gasteiger partial charge is 0.0462 e. The number of anilines is 5. The van der Waals surface area contributed by atoms with Crippen molar-refractivity contribution in [3.05, 3.63) is 162 Å². The zero-order valence-electron chi connectivity index (χ0n) is 29.0. The molecule has 0 atom stereocenters. The Morgan fingerprint density at radius 2 is 0.667 bits per heavy atom. The first-order valence-electron chi connectivity index (χ1n) is 17.6. The summed E-state index contributed by atoms with van der Waals surface area (Å²) in [5, 5.41) is 0. The highest BCUT2D eigenvalue weighted by atomic mass is 15.1. The molecule has 6 rings (SSSR count). The zero-order valence-corrected chi connectivity index (χ0v) is 29.0. The molecule has 0 aliphatic carbocycles. The first-order chi connectivity index (χ1) is 23.5. The Morgan fingerprint density at radius 1 is 0.375 bits per heavy atom. The van der Waals surface area contributed by atoms with Crippen molar-refractivity contribution >= 4 is 28.4 Å². The number of unbranched alkanes of at least 4 members (excludes halogenated alkanes) is 2. The van der Waals surface area contributed by atoms with E-state index < -0.39 is 0 Å². The average molecular weight is 629 g/mol. The summed E-state index contributed by atoms with van der Waals surface area (Å²) < 4.78 is 0. The molecule has 0 amide bonds. The summed E-state index contributed by atoms with van der Waals surface area (Å²) in [7, 11) is 2.14. The van der Waals surface area contributed by atoms with Crippen LogP contribution in [0.3, 0.4) is 0 Å². The molecule has 0 spiro atoms. The molecule has 6 aromatic carbocycles. The number of aryl methyl sites for hydroxylation is 3. The first kappa shape index (κ1) is 32.8.